The highest BCUT2D eigenvalue weighted by atomic mass is 28.4. The van der Waals surface area contributed by atoms with Gasteiger partial charge < -0.3 is 74.5 Å². The Kier molecular flexibility index (Phi) is 35.3. The van der Waals surface area contributed by atoms with E-state index >= 15 is 0 Å². The van der Waals surface area contributed by atoms with E-state index in [-0.39, 0.29) is 76.6 Å². The van der Waals surface area contributed by atoms with Gasteiger partial charge in [-0.2, -0.15) is 0 Å². The first-order valence-electron chi connectivity index (χ1n) is 43.4. The second kappa shape index (κ2) is 45.6. The van der Waals surface area contributed by atoms with Gasteiger partial charge >= 0.3 is 35.8 Å². The molecule has 0 spiro atoms. The van der Waals surface area contributed by atoms with Gasteiger partial charge in [0.05, 0.1) is 80.0 Å². The van der Waals surface area contributed by atoms with Crippen LogP contribution in [0.25, 0.3) is 38.7 Å². The zero-order chi connectivity index (χ0) is 89.8. The summed E-state index contributed by atoms with van der Waals surface area (Å²) in [6, 6.07) is 60.1. The number of esters is 6. The lowest BCUT2D eigenvalue weighted by molar-refractivity contribution is -0.151. The Labute approximate surface area is 740 Å². The minimum atomic E-state index is -1.78. The third-order valence-corrected chi connectivity index (χ3v) is 37.4. The molecule has 0 fully saturated rings. The summed E-state index contributed by atoms with van der Waals surface area (Å²) in [5.74, 6) is 0.229. The van der Waals surface area contributed by atoms with Crippen molar-refractivity contribution < 1.29 is 103 Å². The van der Waals surface area contributed by atoms with Crippen molar-refractivity contribution in [1.29, 1.82) is 0 Å². The van der Waals surface area contributed by atoms with E-state index in [9.17, 15) is 28.8 Å². The number of rotatable bonds is 45. The third kappa shape index (κ3) is 26.1. The minimum absolute atomic E-state index is 0.0615. The van der Waals surface area contributed by atoms with Gasteiger partial charge in [-0.05, 0) is 174 Å². The van der Waals surface area contributed by atoms with Crippen LogP contribution in [-0.4, -0.2) is 157 Å². The summed E-state index contributed by atoms with van der Waals surface area (Å²) >= 11 is 0. The van der Waals surface area contributed by atoms with Gasteiger partial charge in [-0.15, -0.1) is 0 Å². The van der Waals surface area contributed by atoms with Crippen LogP contribution in [0, 0.1) is 0 Å². The summed E-state index contributed by atoms with van der Waals surface area (Å²) in [4.78, 5) is 79.0. The van der Waals surface area contributed by atoms with E-state index in [4.69, 9.17) is 74.5 Å². The first-order valence-corrected chi connectivity index (χ1v) is 55.9. The number of methoxy groups -OCH3 is 5. The highest BCUT2D eigenvalue weighted by Crippen LogP contribution is 2.53. The van der Waals surface area contributed by atoms with Gasteiger partial charge in [0.25, 0.3) is 0 Å². The molecule has 0 unspecified atom stereocenters. The molecular formula is C99H124O22Si4. The lowest BCUT2D eigenvalue weighted by atomic mass is 9.78. The highest BCUT2D eigenvalue weighted by Gasteiger charge is 2.45. The van der Waals surface area contributed by atoms with E-state index < -0.39 is 80.3 Å². The molecule has 0 aromatic heterocycles. The Morgan fingerprint density at radius 3 is 1.22 bits per heavy atom. The maximum atomic E-state index is 14.4. The lowest BCUT2D eigenvalue weighted by Crippen LogP contribution is -2.44. The molecule has 125 heavy (non-hydrogen) atoms. The lowest BCUT2D eigenvalue weighted by Gasteiger charge is -2.41. The number of fused-ring (bicyclic) bond motifs is 6. The van der Waals surface area contributed by atoms with Gasteiger partial charge in [0.2, 0.25) is 0 Å². The topological polar surface area (TPSA) is 250 Å². The van der Waals surface area contributed by atoms with Crippen molar-refractivity contribution in [2.24, 2.45) is 0 Å². The molecule has 11 rings (SSSR count). The molecule has 22 nitrogen and oxygen atoms in total. The number of benzene rings is 9. The second-order valence-electron chi connectivity index (χ2n) is 33.6. The molecule has 0 amide bonds. The van der Waals surface area contributed by atoms with Gasteiger partial charge in [-0.1, -0.05) is 167 Å². The van der Waals surface area contributed by atoms with Crippen molar-refractivity contribution in [2.45, 2.75) is 179 Å². The quantitative estimate of drug-likeness (QED) is 0.0113. The van der Waals surface area contributed by atoms with Crippen LogP contribution in [0.1, 0.15) is 139 Å². The van der Waals surface area contributed by atoms with E-state index in [0.29, 0.717) is 93.6 Å². The van der Waals surface area contributed by atoms with Gasteiger partial charge in [0, 0.05) is 68.3 Å². The van der Waals surface area contributed by atoms with Crippen LogP contribution in [0.5, 0.6) is 40.2 Å². The van der Waals surface area contributed by atoms with Crippen molar-refractivity contribution in [1.82, 2.24) is 0 Å². The Balaban J connectivity index is 0.000000263. The van der Waals surface area contributed by atoms with Crippen LogP contribution in [0.3, 0.4) is 0 Å². The van der Waals surface area contributed by atoms with Crippen molar-refractivity contribution in [2.75, 3.05) is 88.4 Å². The maximum Gasteiger partial charge on any atom is 0.342 e. The Bertz CT molecular complexity index is 5010. The number of unbranched alkanes of at least 4 members (excludes halogenated alkanes) is 2. The molecular weight excluding hydrogens is 1650 g/mol. The summed E-state index contributed by atoms with van der Waals surface area (Å²) in [6.45, 7) is 24.2. The van der Waals surface area contributed by atoms with E-state index in [1.165, 1.54) is 44.9 Å². The second-order valence-corrected chi connectivity index (χ2v) is 51.3. The molecule has 9 aromatic carbocycles. The molecule has 0 radical (unpaired) electrons. The zero-order valence-electron chi connectivity index (χ0n) is 75.3. The van der Waals surface area contributed by atoms with Crippen LogP contribution in [0.2, 0.25) is 76.6 Å². The average Bonchev–Trinajstić information content (AvgIpc) is 0.723. The first kappa shape index (κ1) is 96.8. The minimum Gasteiger partial charge on any atom is -0.497 e. The molecule has 0 saturated heterocycles. The largest absolute Gasteiger partial charge is 0.497 e. The maximum absolute atomic E-state index is 14.4. The Morgan fingerprint density at radius 1 is 0.384 bits per heavy atom. The average molecular weight is 1780 g/mol. The van der Waals surface area contributed by atoms with E-state index in [1.807, 2.05) is 176 Å². The predicted octanol–water partition coefficient (Wildman–Crippen LogP) is 21.3. The van der Waals surface area contributed by atoms with Crippen LogP contribution >= 0.6 is 0 Å². The van der Waals surface area contributed by atoms with Crippen molar-refractivity contribution in [3.8, 4) is 51.4 Å². The molecule has 0 N–H and O–H groups in total. The zero-order valence-corrected chi connectivity index (χ0v) is 79.3. The molecule has 668 valence electrons. The standard InChI is InChI=1S/C53H64O11Si2.C46H60O11Si2/c1-8-9-37-65(4,5)64-66(6,7)38-15-32-59-33-34-60-47(54)28-29-48(55)61-35-36-62-52(56)50-46-30-31-53(40-20-24-42(57-2)25-21-40,41-22-26-43(58-3)27-23-41)63-51(46)45-19-14-13-18-44(45)49(50)39-16-11-10-12-17-39;1-9-10-31-58(5,6)57-59(7,8)32-13-28-53-29-30-54-40(47)24-25-41(48)55-44-38-15-12-11-14-37(38)43-39(42(44)45(49)52-4)26-27-46(56-43,33-16-20-35(50-2)21-17-33)34-18-22-36(51-3)23-19-34/h10-14,16-27,30-31H,8-9,15,28-29,32-38H2,1-7H3;11-12,14-23H,9-10,13,24-32H2,1-8H3. The number of ether oxygens (including phenoxy) is 14. The number of hydrogen-bond donors (Lipinski definition) is 0. The molecule has 0 aliphatic carbocycles. The fraction of sp³-hybridized carbons (Fsp3) is 0.414. The Hall–Kier alpha value is -10.4. The fourth-order valence-corrected chi connectivity index (χ4v) is 34.3. The van der Waals surface area contributed by atoms with Gasteiger partial charge in [0.1, 0.15) is 66.5 Å². The van der Waals surface area contributed by atoms with E-state index in [2.05, 4.69) is 66.2 Å². The number of carbonyl (C=O) groups excluding carboxylic acids is 6. The summed E-state index contributed by atoms with van der Waals surface area (Å²) in [6.07, 6.45) is 10.5. The van der Waals surface area contributed by atoms with E-state index in [0.717, 1.165) is 63.5 Å². The monoisotopic (exact) mass is 1780 g/mol. The summed E-state index contributed by atoms with van der Waals surface area (Å²) in [5, 5.41) is 2.74. The number of carbonyl (C=O) groups is 6. The van der Waals surface area contributed by atoms with Crippen molar-refractivity contribution >= 4 is 96.7 Å². The van der Waals surface area contributed by atoms with Gasteiger partial charge in [-0.3, -0.25) is 19.2 Å². The normalized spacial score (nSPS) is 13.3. The molecule has 9 aromatic rings. The smallest absolute Gasteiger partial charge is 0.342 e. The van der Waals surface area contributed by atoms with Gasteiger partial charge in [-0.25, -0.2) is 9.59 Å². The van der Waals surface area contributed by atoms with E-state index in [1.54, 1.807) is 40.6 Å². The summed E-state index contributed by atoms with van der Waals surface area (Å²) in [7, 11) is 0.911. The molecule has 2 aliphatic rings. The third-order valence-electron chi connectivity index (χ3n) is 22.3. The molecule has 26 heteroatoms. The predicted molar refractivity (Wildman–Crippen MR) is 496 cm³/mol. The van der Waals surface area contributed by atoms with Crippen molar-refractivity contribution in [3.63, 3.8) is 0 Å². The molecule has 2 heterocycles. The van der Waals surface area contributed by atoms with Crippen molar-refractivity contribution in [3.05, 3.63) is 227 Å². The van der Waals surface area contributed by atoms with Crippen LogP contribution < -0.4 is 33.2 Å². The highest BCUT2D eigenvalue weighted by molar-refractivity contribution is 6.85. The SMILES string of the molecule is CCCC[Si](C)(C)O[Si](C)(C)CCCOCCOC(=O)CCC(=O)OCCOC(=O)c1c2c(c3ccccc3c1-c1ccccc1)OC(c1ccc(OC)cc1)(c1ccc(OC)cc1)C=C2.CCCC[Si](C)(C)O[Si](C)(C)CCCOCCOC(=O)CCC(=O)Oc1c(C(=O)OC)c2c(c3ccccc13)OC(c1ccc(OC)cc1)(c1ccc(OC)cc1)CC2. The fourth-order valence-electron chi connectivity index (χ4n) is 16.3. The van der Waals surface area contributed by atoms with Gasteiger partial charge in [0.15, 0.2) is 50.2 Å². The van der Waals surface area contributed by atoms with Crippen LogP contribution in [-0.2, 0) is 78.2 Å². The van der Waals surface area contributed by atoms with Crippen LogP contribution in [0.4, 0.5) is 0 Å². The first-order chi connectivity index (χ1) is 60.0. The Morgan fingerprint density at radius 2 is 0.776 bits per heavy atom. The van der Waals surface area contributed by atoms with Crippen LogP contribution in [0.15, 0.2) is 182 Å². The molecule has 0 bridgehead atoms. The molecule has 0 atom stereocenters. The summed E-state index contributed by atoms with van der Waals surface area (Å²) < 4.78 is 94.1. The number of hydrogen-bond acceptors (Lipinski definition) is 22. The summed E-state index contributed by atoms with van der Waals surface area (Å²) in [5.41, 5.74) is 4.45. The molecule has 0 saturated carbocycles. The molecule has 2 aliphatic heterocycles.